The van der Waals surface area contributed by atoms with Gasteiger partial charge in [-0.2, -0.15) is 0 Å². The lowest BCUT2D eigenvalue weighted by Crippen LogP contribution is -2.01. The molecule has 0 atom stereocenters. The zero-order valence-corrected chi connectivity index (χ0v) is 21.4. The molecular formula is C26H34O2S3. The summed E-state index contributed by atoms with van der Waals surface area (Å²) in [5, 5.41) is 4.35. The number of carbonyl (C=O) groups excluding carboxylic acids is 1. The average molecular weight is 475 g/mol. The van der Waals surface area contributed by atoms with Crippen molar-refractivity contribution in [2.24, 2.45) is 0 Å². The van der Waals surface area contributed by atoms with Gasteiger partial charge in [-0.05, 0) is 65.8 Å². The van der Waals surface area contributed by atoms with Crippen LogP contribution in [0.15, 0.2) is 29.0 Å². The number of esters is 1. The summed E-state index contributed by atoms with van der Waals surface area (Å²) >= 11 is 5.29. The van der Waals surface area contributed by atoms with E-state index >= 15 is 0 Å². The molecule has 3 aromatic rings. The monoisotopic (exact) mass is 474 g/mol. The number of hydrogen-bond donors (Lipinski definition) is 0. The van der Waals surface area contributed by atoms with Gasteiger partial charge in [0.15, 0.2) is 0 Å². The van der Waals surface area contributed by atoms with Crippen molar-refractivity contribution < 1.29 is 9.53 Å². The van der Waals surface area contributed by atoms with Crippen LogP contribution in [0.25, 0.3) is 19.5 Å². The van der Waals surface area contributed by atoms with Crippen LogP contribution in [0.2, 0.25) is 0 Å². The Labute approximate surface area is 199 Å². The van der Waals surface area contributed by atoms with E-state index in [1.54, 1.807) is 34.0 Å². The number of aryl methyl sites for hydroxylation is 2. The second-order valence-corrected chi connectivity index (χ2v) is 10.9. The molecule has 0 fully saturated rings. The Balaban J connectivity index is 1.88. The second kappa shape index (κ2) is 12.6. The van der Waals surface area contributed by atoms with E-state index in [1.165, 1.54) is 84.2 Å². The summed E-state index contributed by atoms with van der Waals surface area (Å²) in [4.78, 5) is 17.5. The zero-order valence-electron chi connectivity index (χ0n) is 19.0. The second-order valence-electron chi connectivity index (χ2n) is 8.02. The SMILES string of the molecule is CCCCCCc1ccsc1-c1cc(C(=O)OC)c(-c2sccc2CCCCCC)s1. The molecule has 0 aromatic carbocycles. The summed E-state index contributed by atoms with van der Waals surface area (Å²) in [6.45, 7) is 4.49. The molecule has 0 N–H and O–H groups in total. The molecular weight excluding hydrogens is 440 g/mol. The molecule has 0 aliphatic rings. The van der Waals surface area contributed by atoms with Crippen LogP contribution in [0.5, 0.6) is 0 Å². The van der Waals surface area contributed by atoms with E-state index in [1.807, 2.05) is 0 Å². The van der Waals surface area contributed by atoms with E-state index in [4.69, 9.17) is 4.74 Å². The molecule has 5 heteroatoms. The molecule has 0 radical (unpaired) electrons. The lowest BCUT2D eigenvalue weighted by Gasteiger charge is -2.05. The molecule has 0 saturated carbocycles. The van der Waals surface area contributed by atoms with Crippen LogP contribution in [0, 0.1) is 0 Å². The van der Waals surface area contributed by atoms with Gasteiger partial charge in [-0.1, -0.05) is 52.4 Å². The normalized spacial score (nSPS) is 11.2. The van der Waals surface area contributed by atoms with Crippen LogP contribution in [-0.4, -0.2) is 13.1 Å². The summed E-state index contributed by atoms with van der Waals surface area (Å²) in [6, 6.07) is 6.55. The average Bonchev–Trinajstić information content (AvgIpc) is 3.52. The van der Waals surface area contributed by atoms with Gasteiger partial charge < -0.3 is 4.74 Å². The van der Waals surface area contributed by atoms with E-state index in [2.05, 4.69) is 42.8 Å². The Kier molecular flexibility index (Phi) is 9.82. The topological polar surface area (TPSA) is 26.3 Å². The van der Waals surface area contributed by atoms with Crippen molar-refractivity contribution in [1.82, 2.24) is 0 Å². The number of thiophene rings is 3. The standard InChI is InChI=1S/C26H34O2S3/c1-4-6-8-10-12-19-14-16-29-23(19)22-18-21(26(27)28-3)25(31-22)24-20(15-17-30-24)13-11-9-7-5-2/h14-18H,4-13H2,1-3H3. The largest absolute Gasteiger partial charge is 0.465 e. The van der Waals surface area contributed by atoms with Crippen LogP contribution in [0.4, 0.5) is 0 Å². The van der Waals surface area contributed by atoms with E-state index in [-0.39, 0.29) is 5.97 Å². The first kappa shape index (κ1) is 24.2. The molecule has 3 heterocycles. The van der Waals surface area contributed by atoms with Crippen molar-refractivity contribution in [3.8, 4) is 19.5 Å². The summed E-state index contributed by atoms with van der Waals surface area (Å²) in [7, 11) is 1.48. The van der Waals surface area contributed by atoms with Gasteiger partial charge in [-0.25, -0.2) is 4.79 Å². The fraction of sp³-hybridized carbons (Fsp3) is 0.500. The Morgan fingerprint density at radius 3 is 1.97 bits per heavy atom. The first-order valence-corrected chi connectivity index (χ1v) is 14.1. The first-order valence-electron chi connectivity index (χ1n) is 11.5. The molecule has 31 heavy (non-hydrogen) atoms. The lowest BCUT2D eigenvalue weighted by atomic mass is 10.0. The van der Waals surface area contributed by atoms with Crippen molar-refractivity contribution in [3.63, 3.8) is 0 Å². The minimum absolute atomic E-state index is 0.233. The summed E-state index contributed by atoms with van der Waals surface area (Å²) in [6.07, 6.45) is 12.3. The Morgan fingerprint density at radius 2 is 1.39 bits per heavy atom. The number of methoxy groups -OCH3 is 1. The maximum atomic E-state index is 12.6. The maximum Gasteiger partial charge on any atom is 0.339 e. The molecule has 3 rings (SSSR count). The van der Waals surface area contributed by atoms with Crippen molar-refractivity contribution in [1.29, 1.82) is 0 Å². The first-order chi connectivity index (χ1) is 15.2. The number of unbranched alkanes of at least 4 members (excludes halogenated alkanes) is 6. The molecule has 168 valence electrons. The van der Waals surface area contributed by atoms with E-state index in [0.29, 0.717) is 5.56 Å². The van der Waals surface area contributed by atoms with Gasteiger partial charge >= 0.3 is 5.97 Å². The minimum atomic E-state index is -0.233. The summed E-state index contributed by atoms with van der Waals surface area (Å²) in [5.74, 6) is -0.233. The van der Waals surface area contributed by atoms with Crippen LogP contribution in [0.1, 0.15) is 86.7 Å². The van der Waals surface area contributed by atoms with Crippen molar-refractivity contribution in [3.05, 3.63) is 45.6 Å². The van der Waals surface area contributed by atoms with Crippen LogP contribution in [-0.2, 0) is 17.6 Å². The molecule has 0 aliphatic heterocycles. The smallest absolute Gasteiger partial charge is 0.339 e. The van der Waals surface area contributed by atoms with Gasteiger partial charge in [-0.15, -0.1) is 34.0 Å². The quantitative estimate of drug-likeness (QED) is 0.182. The Bertz CT molecular complexity index is 948. The van der Waals surface area contributed by atoms with Gasteiger partial charge in [0.25, 0.3) is 0 Å². The molecule has 0 bridgehead atoms. The highest BCUT2D eigenvalue weighted by atomic mass is 32.1. The summed E-state index contributed by atoms with van der Waals surface area (Å²) < 4.78 is 5.16. The Hall–Kier alpha value is -1.43. The Morgan fingerprint density at radius 1 is 0.806 bits per heavy atom. The molecule has 0 spiro atoms. The highest BCUT2D eigenvalue weighted by Gasteiger charge is 2.23. The number of ether oxygens (including phenoxy) is 1. The van der Waals surface area contributed by atoms with Gasteiger partial charge in [0.05, 0.1) is 17.6 Å². The van der Waals surface area contributed by atoms with Crippen molar-refractivity contribution >= 4 is 40.0 Å². The minimum Gasteiger partial charge on any atom is -0.465 e. The molecule has 0 unspecified atom stereocenters. The number of hydrogen-bond acceptors (Lipinski definition) is 5. The van der Waals surface area contributed by atoms with E-state index < -0.39 is 0 Å². The number of carbonyl (C=O) groups is 1. The molecule has 2 nitrogen and oxygen atoms in total. The fourth-order valence-corrected chi connectivity index (χ4v) is 7.31. The molecule has 3 aromatic heterocycles. The van der Waals surface area contributed by atoms with Crippen LogP contribution >= 0.6 is 34.0 Å². The third-order valence-electron chi connectivity index (χ3n) is 5.66. The van der Waals surface area contributed by atoms with Crippen LogP contribution in [0.3, 0.4) is 0 Å². The third kappa shape index (κ3) is 6.30. The predicted molar refractivity (Wildman–Crippen MR) is 138 cm³/mol. The summed E-state index contributed by atoms with van der Waals surface area (Å²) in [5.41, 5.74) is 3.49. The van der Waals surface area contributed by atoms with E-state index in [9.17, 15) is 4.79 Å². The van der Waals surface area contributed by atoms with Crippen LogP contribution < -0.4 is 0 Å². The molecule has 0 saturated heterocycles. The van der Waals surface area contributed by atoms with Gasteiger partial charge in [-0.3, -0.25) is 0 Å². The fourth-order valence-electron chi connectivity index (χ4n) is 3.90. The highest BCUT2D eigenvalue weighted by molar-refractivity contribution is 7.26. The van der Waals surface area contributed by atoms with E-state index in [0.717, 1.165) is 17.7 Å². The molecule has 0 aliphatic carbocycles. The lowest BCUT2D eigenvalue weighted by molar-refractivity contribution is 0.0602. The highest BCUT2D eigenvalue weighted by Crippen LogP contribution is 2.45. The van der Waals surface area contributed by atoms with Crippen molar-refractivity contribution in [2.45, 2.75) is 78.1 Å². The molecule has 0 amide bonds. The maximum absolute atomic E-state index is 12.6. The number of rotatable bonds is 13. The van der Waals surface area contributed by atoms with Crippen molar-refractivity contribution in [2.75, 3.05) is 7.11 Å². The predicted octanol–water partition coefficient (Wildman–Crippen LogP) is 9.24. The zero-order chi connectivity index (χ0) is 22.1. The van der Waals surface area contributed by atoms with Gasteiger partial charge in [0, 0.05) is 14.6 Å². The van der Waals surface area contributed by atoms with Gasteiger partial charge in [0.1, 0.15) is 0 Å². The third-order valence-corrected chi connectivity index (χ3v) is 9.05. The van der Waals surface area contributed by atoms with Gasteiger partial charge in [0.2, 0.25) is 0 Å².